The van der Waals surface area contributed by atoms with Crippen LogP contribution in [-0.4, -0.2) is 70.2 Å². The van der Waals surface area contributed by atoms with Gasteiger partial charge in [0.1, 0.15) is 18.2 Å². The number of nitrogens with one attached hydrogen (secondary N) is 1. The van der Waals surface area contributed by atoms with E-state index in [4.69, 9.17) is 9.47 Å². The van der Waals surface area contributed by atoms with Gasteiger partial charge in [0.2, 0.25) is 5.91 Å². The number of fused-ring (bicyclic) bond motifs is 1. The lowest BCUT2D eigenvalue weighted by Crippen LogP contribution is -2.47. The molecule has 2 aliphatic heterocycles. The average Bonchev–Trinajstić information content (AvgIpc) is 3.44. The highest BCUT2D eigenvalue weighted by Gasteiger charge is 2.38. The number of aryl methyl sites for hydroxylation is 1. The number of carbonyl (C=O) groups is 2. The van der Waals surface area contributed by atoms with E-state index in [9.17, 15) is 9.59 Å². The van der Waals surface area contributed by atoms with Gasteiger partial charge in [0, 0.05) is 32.0 Å². The molecule has 1 unspecified atom stereocenters. The Balaban J connectivity index is 1.07. The molecule has 3 aromatic rings. The summed E-state index contributed by atoms with van der Waals surface area (Å²) in [7, 11) is 0. The van der Waals surface area contributed by atoms with Crippen LogP contribution in [-0.2, 0) is 16.0 Å². The van der Waals surface area contributed by atoms with Crippen molar-refractivity contribution in [1.29, 1.82) is 0 Å². The normalized spacial score (nSPS) is 19.2. The van der Waals surface area contributed by atoms with E-state index in [1.165, 1.54) is 0 Å². The number of carbonyl (C=O) groups excluding carboxylic acids is 2. The van der Waals surface area contributed by atoms with Gasteiger partial charge in [-0.2, -0.15) is 0 Å². The van der Waals surface area contributed by atoms with Crippen molar-refractivity contribution in [1.82, 2.24) is 19.8 Å². The number of cyclic esters (lactones) is 1. The van der Waals surface area contributed by atoms with Gasteiger partial charge >= 0.3 is 6.09 Å². The molecule has 0 saturated carbocycles. The molecule has 2 saturated heterocycles. The van der Waals surface area contributed by atoms with E-state index >= 15 is 0 Å². The van der Waals surface area contributed by atoms with Crippen molar-refractivity contribution in [3.8, 4) is 5.75 Å². The zero-order valence-corrected chi connectivity index (χ0v) is 18.5. The number of aromatic nitrogens is 2. The number of imidazole rings is 1. The number of para-hydroxylation sites is 3. The number of nitrogens with zero attached hydrogens (tertiary/aromatic N) is 3. The van der Waals surface area contributed by atoms with Gasteiger partial charge in [-0.3, -0.25) is 4.79 Å². The number of amides is 2. The van der Waals surface area contributed by atoms with Crippen LogP contribution in [0, 0.1) is 0 Å². The second-order valence-corrected chi connectivity index (χ2v) is 8.59. The fourth-order valence-electron chi connectivity index (χ4n) is 4.57. The topological polar surface area (TPSA) is 87.8 Å². The first-order chi connectivity index (χ1) is 16.2. The van der Waals surface area contributed by atoms with E-state index in [1.807, 2.05) is 59.5 Å². The maximum atomic E-state index is 12.7. The van der Waals surface area contributed by atoms with Crippen LogP contribution in [0.4, 0.5) is 4.79 Å². The van der Waals surface area contributed by atoms with Crippen molar-refractivity contribution in [2.24, 2.45) is 0 Å². The summed E-state index contributed by atoms with van der Waals surface area (Å²) in [6.45, 7) is 2.17. The fourth-order valence-corrected chi connectivity index (χ4v) is 4.57. The van der Waals surface area contributed by atoms with Crippen molar-refractivity contribution >= 4 is 23.0 Å². The van der Waals surface area contributed by atoms with Crippen LogP contribution in [0.5, 0.6) is 5.75 Å². The van der Waals surface area contributed by atoms with Gasteiger partial charge in [0.15, 0.2) is 6.10 Å². The van der Waals surface area contributed by atoms with Gasteiger partial charge < -0.3 is 24.3 Å². The number of H-pyrrole nitrogens is 1. The lowest BCUT2D eigenvalue weighted by atomic mass is 10.0. The molecule has 0 spiro atoms. The van der Waals surface area contributed by atoms with E-state index in [1.54, 1.807) is 4.90 Å². The predicted molar refractivity (Wildman–Crippen MR) is 123 cm³/mol. The van der Waals surface area contributed by atoms with Crippen molar-refractivity contribution in [2.75, 3.05) is 26.2 Å². The Morgan fingerprint density at radius 2 is 1.85 bits per heavy atom. The monoisotopic (exact) mass is 448 g/mol. The van der Waals surface area contributed by atoms with E-state index in [0.29, 0.717) is 39.1 Å². The lowest BCUT2D eigenvalue weighted by Gasteiger charge is -2.35. The molecule has 0 bridgehead atoms. The van der Waals surface area contributed by atoms with Gasteiger partial charge in [0.05, 0.1) is 17.6 Å². The zero-order chi connectivity index (χ0) is 22.6. The highest BCUT2D eigenvalue weighted by molar-refractivity contribution is 5.77. The van der Waals surface area contributed by atoms with E-state index in [2.05, 4.69) is 9.97 Å². The molecule has 1 N–H and O–H groups in total. The van der Waals surface area contributed by atoms with Gasteiger partial charge in [0.25, 0.3) is 0 Å². The third-order valence-electron chi connectivity index (χ3n) is 6.35. The molecule has 1 aromatic heterocycles. The van der Waals surface area contributed by atoms with E-state index in [0.717, 1.165) is 35.4 Å². The van der Waals surface area contributed by atoms with Gasteiger partial charge in [-0.15, -0.1) is 0 Å². The Kier molecular flexibility index (Phi) is 6.15. The first-order valence-corrected chi connectivity index (χ1v) is 11.5. The zero-order valence-electron chi connectivity index (χ0n) is 18.5. The molecule has 2 fully saturated rings. The van der Waals surface area contributed by atoms with Gasteiger partial charge in [-0.05, 0) is 37.1 Å². The number of aromatic amines is 1. The molecule has 3 heterocycles. The maximum absolute atomic E-state index is 12.7. The van der Waals surface area contributed by atoms with Crippen LogP contribution in [0.1, 0.15) is 25.1 Å². The van der Waals surface area contributed by atoms with Crippen molar-refractivity contribution in [2.45, 2.75) is 37.8 Å². The molecule has 0 aliphatic carbocycles. The molecule has 2 aromatic carbocycles. The van der Waals surface area contributed by atoms with Crippen molar-refractivity contribution in [3.63, 3.8) is 0 Å². The minimum absolute atomic E-state index is 0.0960. The van der Waals surface area contributed by atoms with Gasteiger partial charge in [-0.25, -0.2) is 9.78 Å². The average molecular weight is 449 g/mol. The molecule has 8 nitrogen and oxygen atoms in total. The summed E-state index contributed by atoms with van der Waals surface area (Å²) in [5.74, 6) is 1.73. The standard InChI is InChI=1S/C25H28N4O4/c30-24(11-10-23-26-21-8-4-5-9-22(21)27-23)28-14-12-18(13-15-28)29-16-20(33-25(29)31)17-32-19-6-2-1-3-7-19/h1-9,18,20H,10-17H2,(H,26,27). The highest BCUT2D eigenvalue weighted by Crippen LogP contribution is 2.24. The molecule has 1 atom stereocenters. The Labute approximate surface area is 192 Å². The van der Waals surface area contributed by atoms with Crippen LogP contribution in [0.2, 0.25) is 0 Å². The molecular formula is C25H28N4O4. The molecule has 8 heteroatoms. The predicted octanol–water partition coefficient (Wildman–Crippen LogP) is 3.39. The first kappa shape index (κ1) is 21.3. The Hall–Kier alpha value is -3.55. The third kappa shape index (κ3) is 4.94. The number of hydrogen-bond acceptors (Lipinski definition) is 5. The summed E-state index contributed by atoms with van der Waals surface area (Å²) >= 11 is 0. The van der Waals surface area contributed by atoms with E-state index < -0.39 is 0 Å². The lowest BCUT2D eigenvalue weighted by molar-refractivity contribution is -0.132. The summed E-state index contributed by atoms with van der Waals surface area (Å²) in [5.41, 5.74) is 1.91. The summed E-state index contributed by atoms with van der Waals surface area (Å²) in [4.78, 5) is 36.6. The summed E-state index contributed by atoms with van der Waals surface area (Å²) < 4.78 is 11.2. The molecule has 5 rings (SSSR count). The van der Waals surface area contributed by atoms with Crippen molar-refractivity contribution in [3.05, 3.63) is 60.4 Å². The second-order valence-electron chi connectivity index (χ2n) is 8.59. The Bertz CT molecular complexity index is 1070. The number of ether oxygens (including phenoxy) is 2. The second kappa shape index (κ2) is 9.52. The quantitative estimate of drug-likeness (QED) is 0.599. The molecule has 2 amide bonds. The number of piperidine rings is 1. The number of hydrogen-bond donors (Lipinski definition) is 1. The smallest absolute Gasteiger partial charge is 0.410 e. The Morgan fingerprint density at radius 3 is 2.64 bits per heavy atom. The number of benzene rings is 2. The summed E-state index contributed by atoms with van der Waals surface area (Å²) in [6, 6.07) is 17.5. The number of rotatable bonds is 7. The molecule has 33 heavy (non-hydrogen) atoms. The van der Waals surface area contributed by atoms with Crippen LogP contribution >= 0.6 is 0 Å². The van der Waals surface area contributed by atoms with Gasteiger partial charge in [-0.1, -0.05) is 30.3 Å². The van der Waals surface area contributed by atoms with E-state index in [-0.39, 0.29) is 24.1 Å². The maximum Gasteiger partial charge on any atom is 0.410 e. The SMILES string of the molecule is O=C(CCc1nc2ccccc2[nH]1)N1CCC(N2CC(COc3ccccc3)OC2=O)CC1. The summed E-state index contributed by atoms with van der Waals surface area (Å²) in [6.07, 6.45) is 1.98. The van der Waals surface area contributed by atoms with Crippen LogP contribution in [0.15, 0.2) is 54.6 Å². The molecule has 0 radical (unpaired) electrons. The Morgan fingerprint density at radius 1 is 1.09 bits per heavy atom. The minimum Gasteiger partial charge on any atom is -0.490 e. The van der Waals surface area contributed by atoms with Crippen LogP contribution < -0.4 is 4.74 Å². The third-order valence-corrected chi connectivity index (χ3v) is 6.35. The van der Waals surface area contributed by atoms with Crippen molar-refractivity contribution < 1.29 is 19.1 Å². The molecule has 2 aliphatic rings. The minimum atomic E-state index is -0.286. The molecule has 172 valence electrons. The van der Waals surface area contributed by atoms with Crippen LogP contribution in [0.25, 0.3) is 11.0 Å². The molecular weight excluding hydrogens is 420 g/mol. The number of likely N-dealkylation sites (tertiary alicyclic amines) is 1. The van der Waals surface area contributed by atoms with Crippen LogP contribution in [0.3, 0.4) is 0 Å². The largest absolute Gasteiger partial charge is 0.490 e. The first-order valence-electron chi connectivity index (χ1n) is 11.5. The highest BCUT2D eigenvalue weighted by atomic mass is 16.6. The summed E-state index contributed by atoms with van der Waals surface area (Å²) in [5, 5.41) is 0. The fraction of sp³-hybridized carbons (Fsp3) is 0.400.